The van der Waals surface area contributed by atoms with Gasteiger partial charge in [-0.25, -0.2) is 9.67 Å². The van der Waals surface area contributed by atoms with Crippen LogP contribution in [0.3, 0.4) is 0 Å². The van der Waals surface area contributed by atoms with Crippen LogP contribution >= 0.6 is 0 Å². The minimum Gasteiger partial charge on any atom is -0.383 e. The van der Waals surface area contributed by atoms with Gasteiger partial charge in [0.1, 0.15) is 11.3 Å². The Morgan fingerprint density at radius 3 is 2.74 bits per heavy atom. The van der Waals surface area contributed by atoms with Crippen LogP contribution in [0.1, 0.15) is 47.3 Å². The highest BCUT2D eigenvalue weighted by atomic mass is 16.5. The van der Waals surface area contributed by atoms with Gasteiger partial charge in [0.25, 0.3) is 0 Å². The number of hydrogen-bond donors (Lipinski definition) is 1. The van der Waals surface area contributed by atoms with Gasteiger partial charge in [0.15, 0.2) is 11.6 Å². The molecule has 3 aromatic heterocycles. The molecule has 0 aliphatic rings. The first-order chi connectivity index (χ1) is 12.8. The maximum absolute atomic E-state index is 12.4. The molecule has 0 atom stereocenters. The number of ketones is 2. The Morgan fingerprint density at radius 2 is 2.04 bits per heavy atom. The van der Waals surface area contributed by atoms with Gasteiger partial charge in [-0.2, -0.15) is 0 Å². The molecule has 8 nitrogen and oxygen atoms in total. The van der Waals surface area contributed by atoms with E-state index >= 15 is 0 Å². The molecule has 3 heterocycles. The number of aromatic amines is 1. The smallest absolute Gasteiger partial charge is 0.189 e. The van der Waals surface area contributed by atoms with E-state index in [2.05, 4.69) is 20.3 Å². The van der Waals surface area contributed by atoms with Crippen molar-refractivity contribution in [2.45, 2.75) is 33.7 Å². The predicted molar refractivity (Wildman–Crippen MR) is 99.8 cm³/mol. The lowest BCUT2D eigenvalue weighted by Gasteiger charge is -2.14. The van der Waals surface area contributed by atoms with Gasteiger partial charge in [-0.3, -0.25) is 9.59 Å². The number of nitrogens with one attached hydrogen (secondary N) is 1. The molecule has 27 heavy (non-hydrogen) atoms. The Morgan fingerprint density at radius 1 is 1.26 bits per heavy atom. The molecule has 8 heteroatoms. The summed E-state index contributed by atoms with van der Waals surface area (Å²) in [7, 11) is 1.60. The van der Waals surface area contributed by atoms with Crippen LogP contribution in [-0.4, -0.2) is 50.2 Å². The van der Waals surface area contributed by atoms with Crippen LogP contribution in [0.2, 0.25) is 0 Å². The first-order valence-corrected chi connectivity index (χ1v) is 8.72. The Hall–Kier alpha value is -2.87. The number of carbonyl (C=O) groups excluding carboxylic acids is 2. The van der Waals surface area contributed by atoms with E-state index in [9.17, 15) is 9.59 Å². The molecule has 0 aliphatic heterocycles. The normalized spacial score (nSPS) is 11.9. The van der Waals surface area contributed by atoms with Crippen molar-refractivity contribution in [3.63, 3.8) is 0 Å². The van der Waals surface area contributed by atoms with E-state index in [1.165, 1.54) is 0 Å². The number of pyridine rings is 1. The first-order valence-electron chi connectivity index (χ1n) is 8.72. The molecule has 0 saturated heterocycles. The molecule has 0 amide bonds. The SMILES string of the molecule is COCCn1cc(C(=O)Cc2cnc3[nH]c(C(=O)C(C)(C)C)cc3c2)nn1. The molecule has 3 aromatic rings. The zero-order valence-corrected chi connectivity index (χ0v) is 15.9. The number of methoxy groups -OCH3 is 1. The molecule has 1 N–H and O–H groups in total. The lowest BCUT2D eigenvalue weighted by atomic mass is 9.89. The van der Waals surface area contributed by atoms with E-state index in [4.69, 9.17) is 4.74 Å². The van der Waals surface area contributed by atoms with E-state index in [-0.39, 0.29) is 18.0 Å². The van der Waals surface area contributed by atoms with Crippen LogP contribution in [-0.2, 0) is 17.7 Å². The van der Waals surface area contributed by atoms with Gasteiger partial charge in [-0.05, 0) is 17.7 Å². The quantitative estimate of drug-likeness (QED) is 0.642. The second-order valence-corrected chi connectivity index (χ2v) is 7.50. The van der Waals surface area contributed by atoms with Crippen LogP contribution in [0.4, 0.5) is 0 Å². The standard InChI is InChI=1S/C19H23N5O3/c1-19(2,3)17(26)14-9-13-7-12(10-20-18(13)21-14)8-16(25)15-11-24(23-22-15)5-6-27-4/h7,9-11H,5-6,8H2,1-4H3,(H,20,21). The van der Waals surface area contributed by atoms with Crippen molar-refractivity contribution in [3.05, 3.63) is 41.5 Å². The zero-order valence-electron chi connectivity index (χ0n) is 15.9. The van der Waals surface area contributed by atoms with Gasteiger partial charge < -0.3 is 9.72 Å². The van der Waals surface area contributed by atoms with Gasteiger partial charge in [0, 0.05) is 30.5 Å². The van der Waals surface area contributed by atoms with Gasteiger partial charge >= 0.3 is 0 Å². The molecule has 0 unspecified atom stereocenters. The second kappa shape index (κ2) is 7.40. The second-order valence-electron chi connectivity index (χ2n) is 7.50. The third-order valence-corrected chi connectivity index (χ3v) is 4.17. The largest absolute Gasteiger partial charge is 0.383 e. The highest BCUT2D eigenvalue weighted by Gasteiger charge is 2.24. The highest BCUT2D eigenvalue weighted by molar-refractivity contribution is 6.02. The van der Waals surface area contributed by atoms with E-state index in [0.717, 1.165) is 10.9 Å². The van der Waals surface area contributed by atoms with Crippen molar-refractivity contribution in [1.29, 1.82) is 0 Å². The summed E-state index contributed by atoms with van der Waals surface area (Å²) in [5.74, 6) is -0.118. The summed E-state index contributed by atoms with van der Waals surface area (Å²) in [6.45, 7) is 6.66. The summed E-state index contributed by atoms with van der Waals surface area (Å²) in [4.78, 5) is 32.3. The monoisotopic (exact) mass is 369 g/mol. The summed E-state index contributed by atoms with van der Waals surface area (Å²) in [5.41, 5.74) is 1.74. The Kier molecular flexibility index (Phi) is 5.18. The molecule has 142 valence electrons. The topological polar surface area (TPSA) is 103 Å². The Labute approximate surface area is 156 Å². The van der Waals surface area contributed by atoms with Crippen LogP contribution in [0.15, 0.2) is 24.5 Å². The number of ether oxygens (including phenoxy) is 1. The summed E-state index contributed by atoms with van der Waals surface area (Å²) in [5, 5.41) is 8.64. The van der Waals surface area contributed by atoms with Gasteiger partial charge in [-0.15, -0.1) is 5.10 Å². The number of Topliss-reactive ketones (excluding diaryl/α,β-unsaturated/α-hetero) is 2. The zero-order chi connectivity index (χ0) is 19.6. The van der Waals surface area contributed by atoms with Crippen molar-refractivity contribution < 1.29 is 14.3 Å². The van der Waals surface area contributed by atoms with E-state index in [1.54, 1.807) is 30.3 Å². The van der Waals surface area contributed by atoms with Crippen LogP contribution in [0.5, 0.6) is 0 Å². The van der Waals surface area contributed by atoms with Gasteiger partial charge in [-0.1, -0.05) is 26.0 Å². The van der Waals surface area contributed by atoms with E-state index in [0.29, 0.717) is 30.2 Å². The highest BCUT2D eigenvalue weighted by Crippen LogP contribution is 2.23. The molecule has 3 rings (SSSR count). The summed E-state index contributed by atoms with van der Waals surface area (Å²) in [6.07, 6.45) is 3.42. The molecular weight excluding hydrogens is 346 g/mol. The Balaban J connectivity index is 1.76. The maximum Gasteiger partial charge on any atom is 0.189 e. The van der Waals surface area contributed by atoms with Gasteiger partial charge in [0.05, 0.1) is 25.0 Å². The van der Waals surface area contributed by atoms with Crippen molar-refractivity contribution in [1.82, 2.24) is 25.0 Å². The summed E-state index contributed by atoms with van der Waals surface area (Å²) in [6, 6.07) is 3.65. The molecular formula is C19H23N5O3. The van der Waals surface area contributed by atoms with E-state index < -0.39 is 5.41 Å². The van der Waals surface area contributed by atoms with Crippen molar-refractivity contribution >= 4 is 22.6 Å². The number of hydrogen-bond acceptors (Lipinski definition) is 6. The average Bonchev–Trinajstić information content (AvgIpc) is 3.24. The Bertz CT molecular complexity index is 981. The lowest BCUT2D eigenvalue weighted by Crippen LogP contribution is -2.20. The fourth-order valence-corrected chi connectivity index (χ4v) is 2.68. The maximum atomic E-state index is 12.4. The molecule has 0 fully saturated rings. The summed E-state index contributed by atoms with van der Waals surface area (Å²) < 4.78 is 6.56. The number of rotatable bonds is 7. The first kappa shape index (κ1) is 18.9. The van der Waals surface area contributed by atoms with E-state index in [1.807, 2.05) is 26.8 Å². The third kappa shape index (κ3) is 4.28. The average molecular weight is 369 g/mol. The van der Waals surface area contributed by atoms with Crippen LogP contribution in [0.25, 0.3) is 11.0 Å². The van der Waals surface area contributed by atoms with Crippen LogP contribution < -0.4 is 0 Å². The lowest BCUT2D eigenvalue weighted by molar-refractivity contribution is 0.0853. The van der Waals surface area contributed by atoms with Crippen molar-refractivity contribution in [2.75, 3.05) is 13.7 Å². The molecule has 0 spiro atoms. The number of nitrogens with zero attached hydrogens (tertiary/aromatic N) is 4. The molecule has 0 bridgehead atoms. The third-order valence-electron chi connectivity index (χ3n) is 4.17. The minimum atomic E-state index is -0.478. The van der Waals surface area contributed by atoms with Gasteiger partial charge in [0.2, 0.25) is 0 Å². The minimum absolute atomic E-state index is 0.0193. The molecule has 0 radical (unpaired) electrons. The number of aromatic nitrogens is 5. The fraction of sp³-hybridized carbons (Fsp3) is 0.421. The van der Waals surface area contributed by atoms with Crippen molar-refractivity contribution in [2.24, 2.45) is 5.41 Å². The molecule has 0 saturated carbocycles. The fourth-order valence-electron chi connectivity index (χ4n) is 2.68. The van der Waals surface area contributed by atoms with Crippen molar-refractivity contribution in [3.8, 4) is 0 Å². The predicted octanol–water partition coefficient (Wildman–Crippen LogP) is 2.46. The number of H-pyrrole nitrogens is 1. The summed E-state index contributed by atoms with van der Waals surface area (Å²) >= 11 is 0. The van der Waals surface area contributed by atoms with Crippen LogP contribution in [0, 0.1) is 5.41 Å². The molecule has 0 aromatic carbocycles. The molecule has 0 aliphatic carbocycles. The number of carbonyl (C=O) groups is 2. The number of fused-ring (bicyclic) bond motifs is 1.